The molecule has 2 aromatic rings. The van der Waals surface area contributed by atoms with Crippen molar-refractivity contribution in [2.45, 2.75) is 56.9 Å². The van der Waals surface area contributed by atoms with Gasteiger partial charge in [-0.1, -0.05) is 6.07 Å². The molecule has 1 aromatic heterocycles. The fourth-order valence-electron chi connectivity index (χ4n) is 3.96. The highest BCUT2D eigenvalue weighted by Gasteiger charge is 2.26. The number of fused-ring (bicyclic) bond motifs is 2. The topological polar surface area (TPSA) is 99.9 Å². The minimum Gasteiger partial charge on any atom is -0.307 e. The average Bonchev–Trinajstić information content (AvgIpc) is 3.33. The Bertz CT molecular complexity index is 945. The molecule has 0 aliphatic heterocycles. The molecule has 3 N–H and O–H groups in total. The molecule has 1 atom stereocenters. The first kappa shape index (κ1) is 17.1. The van der Waals surface area contributed by atoms with E-state index in [1.807, 2.05) is 6.92 Å². The van der Waals surface area contributed by atoms with Crippen LogP contribution in [0.5, 0.6) is 0 Å². The van der Waals surface area contributed by atoms with Crippen LogP contribution in [0, 0.1) is 4.78 Å². The van der Waals surface area contributed by atoms with Crippen molar-refractivity contribution in [2.75, 3.05) is 5.32 Å². The summed E-state index contributed by atoms with van der Waals surface area (Å²) in [5, 5.41) is 6.95. The number of benzene rings is 1. The SMILES string of the molecule is CCn1cc(S(=N)(=O)NC(=O)Nc2c3c(cc4c2CCC4)CCC3)cn1. The number of rotatable bonds is 4. The number of aryl methyl sites for hydroxylation is 3. The predicted octanol–water partition coefficient (Wildman–Crippen LogP) is 3.02. The number of urea groups is 1. The van der Waals surface area contributed by atoms with Crippen molar-refractivity contribution in [2.24, 2.45) is 0 Å². The van der Waals surface area contributed by atoms with E-state index in [9.17, 15) is 9.00 Å². The number of aromatic nitrogens is 2. The largest absolute Gasteiger partial charge is 0.331 e. The summed E-state index contributed by atoms with van der Waals surface area (Å²) in [7, 11) is -3.44. The van der Waals surface area contributed by atoms with Gasteiger partial charge in [0.1, 0.15) is 4.90 Å². The van der Waals surface area contributed by atoms with Crippen molar-refractivity contribution in [3.05, 3.63) is 40.7 Å². The van der Waals surface area contributed by atoms with Crippen LogP contribution in [-0.4, -0.2) is 20.0 Å². The van der Waals surface area contributed by atoms with Crippen LogP contribution in [0.3, 0.4) is 0 Å². The van der Waals surface area contributed by atoms with Gasteiger partial charge in [0.2, 0.25) is 0 Å². The number of hydrogen-bond donors (Lipinski definition) is 3. The molecule has 8 heteroatoms. The van der Waals surface area contributed by atoms with Gasteiger partial charge < -0.3 is 5.32 Å². The molecule has 2 aliphatic rings. The zero-order valence-corrected chi connectivity index (χ0v) is 15.6. The highest BCUT2D eigenvalue weighted by molar-refractivity contribution is 7.91. The van der Waals surface area contributed by atoms with E-state index in [-0.39, 0.29) is 4.90 Å². The summed E-state index contributed by atoms with van der Waals surface area (Å²) >= 11 is 0. The molecule has 0 saturated carbocycles. The molecule has 2 aliphatic carbocycles. The van der Waals surface area contributed by atoms with Crippen molar-refractivity contribution in [3.63, 3.8) is 0 Å². The summed E-state index contributed by atoms with van der Waals surface area (Å²) in [4.78, 5) is 12.7. The summed E-state index contributed by atoms with van der Waals surface area (Å²) in [6, 6.07) is 1.70. The van der Waals surface area contributed by atoms with Crippen LogP contribution < -0.4 is 10.0 Å². The molecule has 2 amide bonds. The normalized spacial score (nSPS) is 17.4. The molecule has 138 valence electrons. The van der Waals surface area contributed by atoms with E-state index >= 15 is 0 Å². The maximum absolute atomic E-state index is 12.6. The number of nitrogens with one attached hydrogen (secondary N) is 3. The number of amides is 2. The second-order valence-corrected chi connectivity index (χ2v) is 8.67. The number of carbonyl (C=O) groups is 1. The molecule has 0 radical (unpaired) electrons. The second-order valence-electron chi connectivity index (χ2n) is 6.88. The zero-order valence-electron chi connectivity index (χ0n) is 14.8. The van der Waals surface area contributed by atoms with Crippen LogP contribution in [0.2, 0.25) is 0 Å². The van der Waals surface area contributed by atoms with Gasteiger partial charge >= 0.3 is 6.03 Å². The lowest BCUT2D eigenvalue weighted by atomic mass is 9.99. The van der Waals surface area contributed by atoms with E-state index in [1.165, 1.54) is 34.6 Å². The molecule has 4 rings (SSSR count). The van der Waals surface area contributed by atoms with Crippen molar-refractivity contribution < 1.29 is 9.00 Å². The van der Waals surface area contributed by atoms with Gasteiger partial charge in [0.15, 0.2) is 9.92 Å². The lowest BCUT2D eigenvalue weighted by Crippen LogP contribution is -2.34. The van der Waals surface area contributed by atoms with Gasteiger partial charge in [-0.2, -0.15) is 5.10 Å². The quantitative estimate of drug-likeness (QED) is 0.768. The van der Waals surface area contributed by atoms with Crippen LogP contribution in [0.25, 0.3) is 0 Å². The molecule has 0 bridgehead atoms. The summed E-state index contributed by atoms with van der Waals surface area (Å²) in [6.45, 7) is 2.52. The van der Waals surface area contributed by atoms with E-state index in [0.717, 1.165) is 44.2 Å². The minimum absolute atomic E-state index is 0.206. The molecular weight excluding hydrogens is 350 g/mol. The Morgan fingerprint density at radius 1 is 1.23 bits per heavy atom. The third kappa shape index (κ3) is 2.98. The van der Waals surface area contributed by atoms with Crippen molar-refractivity contribution in [1.82, 2.24) is 14.5 Å². The van der Waals surface area contributed by atoms with Crippen molar-refractivity contribution in [3.8, 4) is 0 Å². The first-order valence-corrected chi connectivity index (χ1v) is 10.6. The Labute approximate surface area is 153 Å². The Hall–Kier alpha value is -2.35. The molecule has 1 aromatic carbocycles. The molecular formula is C18H23N5O2S. The number of hydrogen-bond acceptors (Lipinski definition) is 4. The Balaban J connectivity index is 1.58. The number of nitrogens with zero attached hydrogens (tertiary/aromatic N) is 2. The summed E-state index contributed by atoms with van der Waals surface area (Å²) in [6.07, 6.45) is 9.11. The van der Waals surface area contributed by atoms with Crippen LogP contribution in [0.1, 0.15) is 42.0 Å². The molecule has 1 unspecified atom stereocenters. The summed E-state index contributed by atoms with van der Waals surface area (Å²) in [5.41, 5.74) is 5.92. The van der Waals surface area contributed by atoms with Gasteiger partial charge in [-0.3, -0.25) is 4.68 Å². The van der Waals surface area contributed by atoms with E-state index < -0.39 is 15.9 Å². The van der Waals surface area contributed by atoms with Crippen LogP contribution in [0.15, 0.2) is 23.4 Å². The zero-order chi connectivity index (χ0) is 18.3. The molecule has 7 nitrogen and oxygen atoms in total. The highest BCUT2D eigenvalue weighted by Crippen LogP contribution is 2.38. The Kier molecular flexibility index (Phi) is 4.22. The van der Waals surface area contributed by atoms with Crippen molar-refractivity contribution >= 4 is 21.6 Å². The fraction of sp³-hybridized carbons (Fsp3) is 0.444. The van der Waals surface area contributed by atoms with E-state index in [1.54, 1.807) is 4.68 Å². The molecule has 1 heterocycles. The van der Waals surface area contributed by atoms with Crippen LogP contribution in [-0.2, 0) is 42.1 Å². The molecule has 0 spiro atoms. The van der Waals surface area contributed by atoms with Crippen LogP contribution >= 0.6 is 0 Å². The van der Waals surface area contributed by atoms with Gasteiger partial charge in [0.05, 0.1) is 6.20 Å². The standard InChI is InChI=1S/C18H23N5O2S/c1-2-23-11-14(10-20-23)26(19,25)22-18(24)21-17-15-7-3-5-12(15)9-13-6-4-8-16(13)17/h9-11H,2-8H2,1H3,(H3,19,21,22,24,25). The third-order valence-electron chi connectivity index (χ3n) is 5.21. The average molecular weight is 373 g/mol. The molecule has 0 saturated heterocycles. The lowest BCUT2D eigenvalue weighted by molar-refractivity contribution is 0.256. The monoisotopic (exact) mass is 373 g/mol. The van der Waals surface area contributed by atoms with Gasteiger partial charge in [-0.25, -0.2) is 18.5 Å². The first-order valence-electron chi connectivity index (χ1n) is 9.04. The van der Waals surface area contributed by atoms with Crippen LogP contribution in [0.4, 0.5) is 10.5 Å². The smallest absolute Gasteiger partial charge is 0.307 e. The second kappa shape index (κ2) is 6.42. The fourth-order valence-corrected chi connectivity index (χ4v) is 4.86. The maximum atomic E-state index is 12.6. The van der Waals surface area contributed by atoms with Gasteiger partial charge in [0.25, 0.3) is 0 Å². The summed E-state index contributed by atoms with van der Waals surface area (Å²) < 4.78 is 24.6. The lowest BCUT2D eigenvalue weighted by Gasteiger charge is -2.17. The Morgan fingerprint density at radius 3 is 2.46 bits per heavy atom. The third-order valence-corrected chi connectivity index (χ3v) is 6.56. The van der Waals surface area contributed by atoms with Gasteiger partial charge in [-0.05, 0) is 67.7 Å². The van der Waals surface area contributed by atoms with E-state index in [0.29, 0.717) is 6.54 Å². The summed E-state index contributed by atoms with van der Waals surface area (Å²) in [5.74, 6) is 0. The highest BCUT2D eigenvalue weighted by atomic mass is 32.2. The van der Waals surface area contributed by atoms with Crippen molar-refractivity contribution in [1.29, 1.82) is 4.78 Å². The maximum Gasteiger partial charge on any atom is 0.331 e. The first-order chi connectivity index (χ1) is 12.5. The Morgan fingerprint density at radius 2 is 1.88 bits per heavy atom. The molecule has 0 fully saturated rings. The van der Waals surface area contributed by atoms with Gasteiger partial charge in [-0.15, -0.1) is 0 Å². The number of anilines is 1. The minimum atomic E-state index is -3.44. The predicted molar refractivity (Wildman–Crippen MR) is 99.7 cm³/mol. The van der Waals surface area contributed by atoms with E-state index in [2.05, 4.69) is 21.2 Å². The number of carbonyl (C=O) groups excluding carboxylic acids is 1. The van der Waals surface area contributed by atoms with Gasteiger partial charge in [0, 0.05) is 18.4 Å². The molecule has 26 heavy (non-hydrogen) atoms. The van der Waals surface area contributed by atoms with E-state index in [4.69, 9.17) is 4.78 Å².